The standard InChI is InChI=1S/C17H23N5OS/c1-11(24-16-20-19-15(22(16)18)17(2,3)4)14(23)21-10-9-12-7-5-6-8-13(12)21/h5-8,11H,9-10,18H2,1-4H3. The molecule has 2 aromatic rings. The number of hydrogen-bond donors (Lipinski definition) is 1. The lowest BCUT2D eigenvalue weighted by atomic mass is 9.96. The molecule has 2 N–H and O–H groups in total. The maximum absolute atomic E-state index is 12.8. The molecular formula is C17H23N5OS. The van der Waals surface area contributed by atoms with Gasteiger partial charge in [0.2, 0.25) is 11.1 Å². The third-order valence-electron chi connectivity index (χ3n) is 4.12. The van der Waals surface area contributed by atoms with E-state index in [1.54, 1.807) is 0 Å². The van der Waals surface area contributed by atoms with Gasteiger partial charge >= 0.3 is 0 Å². The number of nitrogens with zero attached hydrogens (tertiary/aromatic N) is 4. The van der Waals surface area contributed by atoms with Crippen LogP contribution in [0.2, 0.25) is 0 Å². The Kier molecular flexibility index (Phi) is 4.29. The summed E-state index contributed by atoms with van der Waals surface area (Å²) in [4.78, 5) is 14.7. The van der Waals surface area contributed by atoms with Crippen molar-refractivity contribution in [3.63, 3.8) is 0 Å². The second-order valence-corrected chi connectivity index (χ2v) is 8.36. The quantitative estimate of drug-likeness (QED) is 0.682. The zero-order valence-corrected chi connectivity index (χ0v) is 15.3. The fourth-order valence-electron chi connectivity index (χ4n) is 2.86. The fraction of sp³-hybridized carbons (Fsp3) is 0.471. The second kappa shape index (κ2) is 6.12. The number of para-hydroxylation sites is 1. The van der Waals surface area contributed by atoms with Crippen molar-refractivity contribution in [1.82, 2.24) is 14.9 Å². The molecule has 2 heterocycles. The highest BCUT2D eigenvalue weighted by atomic mass is 32.2. The van der Waals surface area contributed by atoms with E-state index in [0.29, 0.717) is 11.0 Å². The Morgan fingerprint density at radius 3 is 2.67 bits per heavy atom. The first kappa shape index (κ1) is 16.8. The van der Waals surface area contributed by atoms with Gasteiger partial charge in [-0.2, -0.15) is 0 Å². The third-order valence-corrected chi connectivity index (χ3v) is 5.16. The lowest BCUT2D eigenvalue weighted by Crippen LogP contribution is -2.35. The van der Waals surface area contributed by atoms with Gasteiger partial charge in [0.1, 0.15) is 0 Å². The van der Waals surface area contributed by atoms with E-state index >= 15 is 0 Å². The highest BCUT2D eigenvalue weighted by Gasteiger charge is 2.30. The maximum Gasteiger partial charge on any atom is 0.240 e. The largest absolute Gasteiger partial charge is 0.336 e. The molecule has 1 amide bonds. The molecule has 0 bridgehead atoms. The summed E-state index contributed by atoms with van der Waals surface area (Å²) in [5, 5.41) is 8.61. The van der Waals surface area contributed by atoms with Crippen LogP contribution in [0.4, 0.5) is 5.69 Å². The first-order valence-electron chi connectivity index (χ1n) is 8.06. The van der Waals surface area contributed by atoms with Crippen molar-refractivity contribution >= 4 is 23.4 Å². The van der Waals surface area contributed by atoms with E-state index in [9.17, 15) is 4.79 Å². The van der Waals surface area contributed by atoms with Crippen molar-refractivity contribution < 1.29 is 4.79 Å². The lowest BCUT2D eigenvalue weighted by molar-refractivity contribution is -0.117. The number of nitrogen functional groups attached to an aromatic ring is 1. The van der Waals surface area contributed by atoms with Gasteiger partial charge in [0.25, 0.3) is 0 Å². The van der Waals surface area contributed by atoms with Crippen LogP contribution in [0.3, 0.4) is 0 Å². The van der Waals surface area contributed by atoms with E-state index in [4.69, 9.17) is 5.84 Å². The minimum absolute atomic E-state index is 0.0743. The van der Waals surface area contributed by atoms with Crippen molar-refractivity contribution in [3.8, 4) is 0 Å². The van der Waals surface area contributed by atoms with Crippen molar-refractivity contribution in [2.24, 2.45) is 0 Å². The highest BCUT2D eigenvalue weighted by molar-refractivity contribution is 8.00. The van der Waals surface area contributed by atoms with Crippen LogP contribution in [0.1, 0.15) is 39.1 Å². The number of anilines is 1. The van der Waals surface area contributed by atoms with Gasteiger partial charge in [-0.05, 0) is 25.0 Å². The number of carbonyl (C=O) groups excluding carboxylic acids is 1. The van der Waals surface area contributed by atoms with Gasteiger partial charge in [-0.3, -0.25) is 4.79 Å². The average Bonchev–Trinajstić information content (AvgIpc) is 3.10. The van der Waals surface area contributed by atoms with E-state index < -0.39 is 0 Å². The number of rotatable bonds is 3. The molecule has 0 spiro atoms. The Labute approximate surface area is 146 Å². The lowest BCUT2D eigenvalue weighted by Gasteiger charge is -2.21. The maximum atomic E-state index is 12.8. The zero-order valence-electron chi connectivity index (χ0n) is 14.5. The zero-order chi connectivity index (χ0) is 17.5. The van der Waals surface area contributed by atoms with E-state index in [1.807, 2.05) is 50.8 Å². The summed E-state index contributed by atoms with van der Waals surface area (Å²) in [6, 6.07) is 8.05. The Morgan fingerprint density at radius 2 is 2.00 bits per heavy atom. The van der Waals surface area contributed by atoms with Crippen LogP contribution in [0.15, 0.2) is 29.4 Å². The minimum atomic E-state index is -0.282. The van der Waals surface area contributed by atoms with Crippen molar-refractivity contribution in [2.75, 3.05) is 17.3 Å². The van der Waals surface area contributed by atoms with Gasteiger partial charge in [0.15, 0.2) is 5.82 Å². The SMILES string of the molecule is CC(Sc1nnc(C(C)(C)C)n1N)C(=O)N1CCc2ccccc21. The number of carbonyl (C=O) groups is 1. The predicted molar refractivity (Wildman–Crippen MR) is 96.7 cm³/mol. The van der Waals surface area contributed by atoms with E-state index in [-0.39, 0.29) is 16.6 Å². The Hall–Kier alpha value is -2.02. The summed E-state index contributed by atoms with van der Waals surface area (Å²) >= 11 is 1.35. The van der Waals surface area contributed by atoms with Crippen LogP contribution in [0, 0.1) is 0 Å². The van der Waals surface area contributed by atoms with Crippen molar-refractivity contribution in [1.29, 1.82) is 0 Å². The third kappa shape index (κ3) is 3.00. The number of hydrogen-bond acceptors (Lipinski definition) is 5. The van der Waals surface area contributed by atoms with Crippen LogP contribution in [0.25, 0.3) is 0 Å². The summed E-state index contributed by atoms with van der Waals surface area (Å²) in [7, 11) is 0. The van der Waals surface area contributed by atoms with Crippen LogP contribution < -0.4 is 10.7 Å². The number of benzene rings is 1. The van der Waals surface area contributed by atoms with Crippen molar-refractivity contribution in [2.45, 2.75) is 49.9 Å². The normalized spacial score (nSPS) is 15.4. The minimum Gasteiger partial charge on any atom is -0.336 e. The molecule has 0 aliphatic carbocycles. The molecule has 24 heavy (non-hydrogen) atoms. The van der Waals surface area contributed by atoms with Crippen LogP contribution in [0.5, 0.6) is 0 Å². The number of fused-ring (bicyclic) bond motifs is 1. The summed E-state index contributed by atoms with van der Waals surface area (Å²) in [6.45, 7) is 8.71. The van der Waals surface area contributed by atoms with Crippen LogP contribution >= 0.6 is 11.8 Å². The van der Waals surface area contributed by atoms with E-state index in [2.05, 4.69) is 16.3 Å². The molecule has 1 aliphatic heterocycles. The summed E-state index contributed by atoms with van der Waals surface area (Å²) in [6.07, 6.45) is 0.903. The molecule has 128 valence electrons. The van der Waals surface area contributed by atoms with Crippen molar-refractivity contribution in [3.05, 3.63) is 35.7 Å². The van der Waals surface area contributed by atoms with Gasteiger partial charge < -0.3 is 10.7 Å². The number of amides is 1. The summed E-state index contributed by atoms with van der Waals surface area (Å²) < 4.78 is 1.49. The van der Waals surface area contributed by atoms with Gasteiger partial charge in [0, 0.05) is 17.6 Å². The molecule has 1 aromatic carbocycles. The Balaban J connectivity index is 1.75. The first-order valence-corrected chi connectivity index (χ1v) is 8.94. The molecule has 1 aliphatic rings. The van der Waals surface area contributed by atoms with E-state index in [0.717, 1.165) is 18.7 Å². The van der Waals surface area contributed by atoms with Gasteiger partial charge in [-0.25, -0.2) is 4.68 Å². The molecule has 1 unspecified atom stereocenters. The van der Waals surface area contributed by atoms with Gasteiger partial charge in [-0.1, -0.05) is 50.7 Å². The summed E-state index contributed by atoms with van der Waals surface area (Å²) in [5.41, 5.74) is 2.04. The number of thioether (sulfide) groups is 1. The molecule has 1 aromatic heterocycles. The molecular weight excluding hydrogens is 322 g/mol. The second-order valence-electron chi connectivity index (χ2n) is 7.05. The molecule has 0 fully saturated rings. The molecule has 7 heteroatoms. The average molecular weight is 345 g/mol. The Morgan fingerprint density at radius 1 is 1.29 bits per heavy atom. The number of aromatic nitrogens is 3. The van der Waals surface area contributed by atoms with E-state index in [1.165, 1.54) is 22.0 Å². The van der Waals surface area contributed by atoms with Gasteiger partial charge in [0.05, 0.1) is 5.25 Å². The molecule has 6 nitrogen and oxygen atoms in total. The molecule has 3 rings (SSSR count). The molecule has 1 atom stereocenters. The summed E-state index contributed by atoms with van der Waals surface area (Å²) in [5.74, 6) is 6.89. The molecule has 0 saturated heterocycles. The highest BCUT2D eigenvalue weighted by Crippen LogP contribution is 2.31. The van der Waals surface area contributed by atoms with Gasteiger partial charge in [-0.15, -0.1) is 10.2 Å². The monoisotopic (exact) mass is 345 g/mol. The predicted octanol–water partition coefficient (Wildman–Crippen LogP) is 2.36. The Bertz CT molecular complexity index is 765. The number of nitrogens with two attached hydrogens (primary N) is 1. The molecule has 0 saturated carbocycles. The fourth-order valence-corrected chi connectivity index (χ4v) is 3.70. The smallest absolute Gasteiger partial charge is 0.240 e. The van der Waals surface area contributed by atoms with Crippen LogP contribution in [-0.2, 0) is 16.6 Å². The molecule has 0 radical (unpaired) electrons. The topological polar surface area (TPSA) is 77.0 Å². The van der Waals surface area contributed by atoms with Crippen LogP contribution in [-0.4, -0.2) is 32.6 Å². The first-order chi connectivity index (χ1) is 11.3.